The highest BCUT2D eigenvalue weighted by Gasteiger charge is 2.23. The number of nitrogens with zero attached hydrogens (tertiary/aromatic N) is 1. The normalized spacial score (nSPS) is 15.8. The van der Waals surface area contributed by atoms with E-state index in [1.165, 1.54) is 18.4 Å². The fourth-order valence-corrected chi connectivity index (χ4v) is 3.63. The lowest BCUT2D eigenvalue weighted by Gasteiger charge is -2.28. The first-order valence-electron chi connectivity index (χ1n) is 8.73. The van der Waals surface area contributed by atoms with Crippen LogP contribution in [-0.2, 0) is 0 Å². The zero-order valence-electron chi connectivity index (χ0n) is 14.5. The standard InChI is InChI=1S/C20H24BrN3O/c1-15-9-10-17(21)13-18(15)23-20(25)22-14-19(24-11-5-6-12-24)16-7-3-2-4-8-16/h2-4,7-10,13,19H,5-6,11-12,14H2,1H3,(H2,22,23,25). The predicted octanol–water partition coefficient (Wildman–Crippen LogP) is 4.72. The first-order chi connectivity index (χ1) is 12.1. The van der Waals surface area contributed by atoms with Crippen LogP contribution < -0.4 is 10.6 Å². The van der Waals surface area contributed by atoms with Crippen LogP contribution in [0.2, 0.25) is 0 Å². The molecule has 132 valence electrons. The molecular formula is C20H24BrN3O. The van der Waals surface area contributed by atoms with E-state index in [2.05, 4.69) is 55.7 Å². The number of carbonyl (C=O) groups excluding carboxylic acids is 1. The molecular weight excluding hydrogens is 378 g/mol. The molecule has 1 atom stereocenters. The number of hydrogen-bond acceptors (Lipinski definition) is 2. The van der Waals surface area contributed by atoms with Crippen LogP contribution >= 0.6 is 15.9 Å². The predicted molar refractivity (Wildman–Crippen MR) is 106 cm³/mol. The number of amides is 2. The van der Waals surface area contributed by atoms with E-state index in [1.54, 1.807) is 0 Å². The molecule has 25 heavy (non-hydrogen) atoms. The van der Waals surface area contributed by atoms with Crippen LogP contribution in [0.15, 0.2) is 53.0 Å². The Kier molecular flexibility index (Phi) is 6.10. The Bertz CT molecular complexity index is 714. The maximum atomic E-state index is 12.4. The van der Waals surface area contributed by atoms with Gasteiger partial charge in [0, 0.05) is 16.7 Å². The Hall–Kier alpha value is -1.85. The summed E-state index contributed by atoms with van der Waals surface area (Å²) < 4.78 is 0.952. The lowest BCUT2D eigenvalue weighted by molar-refractivity contribution is 0.227. The summed E-state index contributed by atoms with van der Waals surface area (Å²) in [7, 11) is 0. The maximum absolute atomic E-state index is 12.4. The van der Waals surface area contributed by atoms with Crippen molar-refractivity contribution < 1.29 is 4.79 Å². The van der Waals surface area contributed by atoms with Crippen LogP contribution in [0.25, 0.3) is 0 Å². The van der Waals surface area contributed by atoms with E-state index in [1.807, 2.05) is 31.2 Å². The Morgan fingerprint density at radius 3 is 2.60 bits per heavy atom. The zero-order valence-corrected chi connectivity index (χ0v) is 16.1. The molecule has 2 amide bonds. The van der Waals surface area contributed by atoms with E-state index >= 15 is 0 Å². The second-order valence-electron chi connectivity index (χ2n) is 6.46. The van der Waals surface area contributed by atoms with Crippen molar-refractivity contribution in [1.29, 1.82) is 0 Å². The SMILES string of the molecule is Cc1ccc(Br)cc1NC(=O)NCC(c1ccccc1)N1CCCC1. The largest absolute Gasteiger partial charge is 0.336 e. The van der Waals surface area contributed by atoms with Crippen molar-refractivity contribution in [2.24, 2.45) is 0 Å². The van der Waals surface area contributed by atoms with Crippen molar-refractivity contribution in [3.63, 3.8) is 0 Å². The van der Waals surface area contributed by atoms with Gasteiger partial charge in [0.2, 0.25) is 0 Å². The van der Waals surface area contributed by atoms with Crippen molar-refractivity contribution in [2.75, 3.05) is 25.0 Å². The van der Waals surface area contributed by atoms with E-state index in [0.717, 1.165) is 28.8 Å². The first-order valence-corrected chi connectivity index (χ1v) is 9.53. The van der Waals surface area contributed by atoms with Crippen molar-refractivity contribution in [1.82, 2.24) is 10.2 Å². The first kappa shape index (κ1) is 18.0. The van der Waals surface area contributed by atoms with Crippen molar-refractivity contribution in [3.05, 3.63) is 64.1 Å². The topological polar surface area (TPSA) is 44.4 Å². The van der Waals surface area contributed by atoms with E-state index in [9.17, 15) is 4.79 Å². The van der Waals surface area contributed by atoms with Gasteiger partial charge in [0.25, 0.3) is 0 Å². The fraction of sp³-hybridized carbons (Fsp3) is 0.350. The van der Waals surface area contributed by atoms with Gasteiger partial charge in [-0.2, -0.15) is 0 Å². The molecule has 2 aromatic rings. The highest BCUT2D eigenvalue weighted by molar-refractivity contribution is 9.10. The Labute approximate surface area is 157 Å². The van der Waals surface area contributed by atoms with Gasteiger partial charge < -0.3 is 10.6 Å². The van der Waals surface area contributed by atoms with Gasteiger partial charge in [0.1, 0.15) is 0 Å². The summed E-state index contributed by atoms with van der Waals surface area (Å²) in [5.74, 6) is 0. The molecule has 1 unspecified atom stereocenters. The lowest BCUT2D eigenvalue weighted by Crippen LogP contribution is -2.38. The molecule has 3 rings (SSSR count). The third kappa shape index (κ3) is 4.83. The van der Waals surface area contributed by atoms with Gasteiger partial charge in [0.15, 0.2) is 0 Å². The summed E-state index contributed by atoms with van der Waals surface area (Å²) in [6.07, 6.45) is 2.46. The third-order valence-corrected chi connectivity index (χ3v) is 5.16. The van der Waals surface area contributed by atoms with Crippen LogP contribution in [0.5, 0.6) is 0 Å². The molecule has 1 fully saturated rings. The molecule has 0 saturated carbocycles. The minimum atomic E-state index is -0.165. The highest BCUT2D eigenvalue weighted by atomic mass is 79.9. The maximum Gasteiger partial charge on any atom is 0.319 e. The van der Waals surface area contributed by atoms with Gasteiger partial charge in [-0.15, -0.1) is 0 Å². The van der Waals surface area contributed by atoms with Crippen LogP contribution in [0.3, 0.4) is 0 Å². The summed E-state index contributed by atoms with van der Waals surface area (Å²) >= 11 is 3.45. The number of nitrogens with one attached hydrogen (secondary N) is 2. The molecule has 1 heterocycles. The summed E-state index contributed by atoms with van der Waals surface area (Å²) in [5, 5.41) is 6.00. The van der Waals surface area contributed by atoms with Crippen LogP contribution in [0, 0.1) is 6.92 Å². The zero-order chi connectivity index (χ0) is 17.6. The molecule has 0 radical (unpaired) electrons. The number of rotatable bonds is 5. The number of halogens is 1. The number of likely N-dealkylation sites (tertiary alicyclic amines) is 1. The molecule has 5 heteroatoms. The van der Waals surface area contributed by atoms with Crippen molar-refractivity contribution in [3.8, 4) is 0 Å². The van der Waals surface area contributed by atoms with E-state index in [-0.39, 0.29) is 12.1 Å². The Morgan fingerprint density at radius 2 is 1.88 bits per heavy atom. The van der Waals surface area contributed by atoms with Gasteiger partial charge in [-0.1, -0.05) is 52.3 Å². The lowest BCUT2D eigenvalue weighted by atomic mass is 10.1. The number of aryl methyl sites for hydroxylation is 1. The van der Waals surface area contributed by atoms with E-state index < -0.39 is 0 Å². The molecule has 0 aromatic heterocycles. The third-order valence-electron chi connectivity index (χ3n) is 4.67. The minimum absolute atomic E-state index is 0.165. The van der Waals surface area contributed by atoms with Crippen molar-refractivity contribution >= 4 is 27.6 Å². The second-order valence-corrected chi connectivity index (χ2v) is 7.38. The highest BCUT2D eigenvalue weighted by Crippen LogP contribution is 2.25. The number of hydrogen-bond donors (Lipinski definition) is 2. The average Bonchev–Trinajstić information content (AvgIpc) is 3.14. The summed E-state index contributed by atoms with van der Waals surface area (Å²) in [4.78, 5) is 14.8. The van der Waals surface area contributed by atoms with Gasteiger partial charge in [0.05, 0.1) is 6.04 Å². The Morgan fingerprint density at radius 1 is 1.16 bits per heavy atom. The Balaban J connectivity index is 1.64. The van der Waals surface area contributed by atoms with Gasteiger partial charge >= 0.3 is 6.03 Å². The average molecular weight is 402 g/mol. The van der Waals surface area contributed by atoms with Crippen molar-refractivity contribution in [2.45, 2.75) is 25.8 Å². The minimum Gasteiger partial charge on any atom is -0.336 e. The summed E-state index contributed by atoms with van der Waals surface area (Å²) in [6.45, 7) is 4.77. The molecule has 1 aliphatic heterocycles. The summed E-state index contributed by atoms with van der Waals surface area (Å²) in [6, 6.07) is 16.4. The smallest absolute Gasteiger partial charge is 0.319 e. The number of benzene rings is 2. The van der Waals surface area contributed by atoms with Gasteiger partial charge in [-0.3, -0.25) is 4.90 Å². The summed E-state index contributed by atoms with van der Waals surface area (Å²) in [5.41, 5.74) is 3.12. The number of carbonyl (C=O) groups is 1. The second kappa shape index (κ2) is 8.50. The van der Waals surface area contributed by atoms with Crippen LogP contribution in [0.1, 0.15) is 30.0 Å². The monoisotopic (exact) mass is 401 g/mol. The fourth-order valence-electron chi connectivity index (χ4n) is 3.27. The van der Waals surface area contributed by atoms with Crippen LogP contribution in [-0.4, -0.2) is 30.6 Å². The quantitative estimate of drug-likeness (QED) is 0.761. The van der Waals surface area contributed by atoms with Gasteiger partial charge in [-0.25, -0.2) is 4.79 Å². The molecule has 0 aliphatic carbocycles. The van der Waals surface area contributed by atoms with Gasteiger partial charge in [-0.05, 0) is 56.1 Å². The number of anilines is 1. The molecule has 2 N–H and O–H groups in total. The molecule has 1 saturated heterocycles. The van der Waals surface area contributed by atoms with E-state index in [0.29, 0.717) is 6.54 Å². The molecule has 4 nitrogen and oxygen atoms in total. The number of urea groups is 1. The molecule has 0 bridgehead atoms. The molecule has 2 aromatic carbocycles. The van der Waals surface area contributed by atoms with Crippen LogP contribution in [0.4, 0.5) is 10.5 Å². The molecule has 1 aliphatic rings. The van der Waals surface area contributed by atoms with E-state index in [4.69, 9.17) is 0 Å². The molecule has 0 spiro atoms.